The lowest BCUT2D eigenvalue weighted by Crippen LogP contribution is -2.46. The van der Waals surface area contributed by atoms with Crippen molar-refractivity contribution in [3.8, 4) is 0 Å². The van der Waals surface area contributed by atoms with Crippen LogP contribution in [0.5, 0.6) is 0 Å². The highest BCUT2D eigenvalue weighted by molar-refractivity contribution is 14.1. The zero-order chi connectivity index (χ0) is 17.6. The van der Waals surface area contributed by atoms with Crippen LogP contribution < -0.4 is 10.6 Å². The Labute approximate surface area is 158 Å². The Morgan fingerprint density at radius 3 is 2.28 bits per heavy atom. The fraction of sp³-hybridized carbons (Fsp3) is 0.0526. The highest BCUT2D eigenvalue weighted by Gasteiger charge is 2.23. The van der Waals surface area contributed by atoms with Gasteiger partial charge in [0.2, 0.25) is 5.78 Å². The molecule has 126 valence electrons. The SMILES string of the molecule is O=C(NC(Nc1ccc(I)cc1)C(=O)c1ccccc1)c1ccco1. The monoisotopic (exact) mass is 446 g/mol. The fourth-order valence-corrected chi connectivity index (χ4v) is 2.62. The van der Waals surface area contributed by atoms with Gasteiger partial charge in [0.15, 0.2) is 11.9 Å². The number of ketones is 1. The largest absolute Gasteiger partial charge is 0.459 e. The summed E-state index contributed by atoms with van der Waals surface area (Å²) in [6.45, 7) is 0. The second-order valence-corrected chi connectivity index (χ2v) is 6.51. The van der Waals surface area contributed by atoms with E-state index in [9.17, 15) is 9.59 Å². The van der Waals surface area contributed by atoms with Gasteiger partial charge in [-0.3, -0.25) is 9.59 Å². The standard InChI is InChI=1S/C19H15IN2O3/c20-14-8-10-15(11-9-14)21-18(17(23)13-5-2-1-3-6-13)22-19(24)16-7-4-12-25-16/h1-12,18,21H,(H,22,24). The van der Waals surface area contributed by atoms with Gasteiger partial charge >= 0.3 is 0 Å². The summed E-state index contributed by atoms with van der Waals surface area (Å²) in [4.78, 5) is 25.1. The van der Waals surface area contributed by atoms with Crippen LogP contribution in [0, 0.1) is 3.57 Å². The third kappa shape index (κ3) is 4.48. The van der Waals surface area contributed by atoms with Crippen LogP contribution in [0.3, 0.4) is 0 Å². The van der Waals surface area contributed by atoms with Gasteiger partial charge in [-0.1, -0.05) is 30.3 Å². The molecule has 5 nitrogen and oxygen atoms in total. The van der Waals surface area contributed by atoms with E-state index in [2.05, 4.69) is 33.2 Å². The number of nitrogens with one attached hydrogen (secondary N) is 2. The summed E-state index contributed by atoms with van der Waals surface area (Å²) < 4.78 is 6.17. The van der Waals surface area contributed by atoms with Crippen LogP contribution in [0.25, 0.3) is 0 Å². The molecule has 1 atom stereocenters. The molecular weight excluding hydrogens is 431 g/mol. The van der Waals surface area contributed by atoms with Crippen molar-refractivity contribution in [3.63, 3.8) is 0 Å². The Morgan fingerprint density at radius 2 is 1.64 bits per heavy atom. The predicted octanol–water partition coefficient (Wildman–Crippen LogP) is 3.94. The quantitative estimate of drug-likeness (QED) is 0.342. The average Bonchev–Trinajstić information content (AvgIpc) is 3.18. The van der Waals surface area contributed by atoms with E-state index in [1.807, 2.05) is 30.3 Å². The van der Waals surface area contributed by atoms with Gasteiger partial charge in [-0.15, -0.1) is 0 Å². The molecular formula is C19H15IN2O3. The summed E-state index contributed by atoms with van der Waals surface area (Å²) in [5.41, 5.74) is 1.24. The molecule has 1 aromatic heterocycles. The molecule has 1 unspecified atom stereocenters. The molecule has 3 aromatic rings. The summed E-state index contributed by atoms with van der Waals surface area (Å²) in [5.74, 6) is -0.549. The number of hydrogen-bond acceptors (Lipinski definition) is 4. The van der Waals surface area contributed by atoms with Crippen molar-refractivity contribution in [1.29, 1.82) is 0 Å². The summed E-state index contributed by atoms with van der Waals surface area (Å²) in [6, 6.07) is 19.5. The van der Waals surface area contributed by atoms with E-state index in [-0.39, 0.29) is 11.5 Å². The molecule has 0 aliphatic rings. The minimum atomic E-state index is -0.917. The molecule has 0 saturated heterocycles. The van der Waals surface area contributed by atoms with Crippen LogP contribution in [0.2, 0.25) is 0 Å². The fourth-order valence-electron chi connectivity index (χ4n) is 2.26. The topological polar surface area (TPSA) is 71.3 Å². The van der Waals surface area contributed by atoms with Gasteiger partial charge in [-0.05, 0) is 59.0 Å². The molecule has 0 radical (unpaired) electrons. The zero-order valence-corrected chi connectivity index (χ0v) is 15.3. The van der Waals surface area contributed by atoms with Gasteiger partial charge in [0.05, 0.1) is 6.26 Å². The Balaban J connectivity index is 1.83. The molecule has 0 bridgehead atoms. The van der Waals surface area contributed by atoms with E-state index in [4.69, 9.17) is 4.42 Å². The van der Waals surface area contributed by atoms with Crippen molar-refractivity contribution in [1.82, 2.24) is 5.32 Å². The number of hydrogen-bond donors (Lipinski definition) is 2. The van der Waals surface area contributed by atoms with Crippen LogP contribution in [0.1, 0.15) is 20.9 Å². The van der Waals surface area contributed by atoms with Crippen molar-refractivity contribution in [2.75, 3.05) is 5.32 Å². The van der Waals surface area contributed by atoms with E-state index in [1.165, 1.54) is 6.26 Å². The Morgan fingerprint density at radius 1 is 0.920 bits per heavy atom. The summed E-state index contributed by atoms with van der Waals surface area (Å²) in [5, 5.41) is 5.76. The van der Waals surface area contributed by atoms with Crippen LogP contribution in [0.4, 0.5) is 5.69 Å². The molecule has 1 amide bonds. The van der Waals surface area contributed by atoms with E-state index < -0.39 is 12.1 Å². The Bertz CT molecular complexity index is 846. The number of anilines is 1. The number of carbonyl (C=O) groups excluding carboxylic acids is 2. The van der Waals surface area contributed by atoms with Crippen molar-refractivity contribution in [3.05, 3.63) is 87.9 Å². The minimum absolute atomic E-state index is 0.148. The molecule has 0 aliphatic carbocycles. The summed E-state index contributed by atoms with van der Waals surface area (Å²) in [7, 11) is 0. The van der Waals surface area contributed by atoms with Gasteiger partial charge in [0, 0.05) is 14.8 Å². The number of carbonyl (C=O) groups is 2. The maximum Gasteiger partial charge on any atom is 0.288 e. The number of rotatable bonds is 6. The van der Waals surface area contributed by atoms with E-state index in [0.29, 0.717) is 5.56 Å². The molecule has 6 heteroatoms. The van der Waals surface area contributed by atoms with E-state index in [1.54, 1.807) is 36.4 Å². The van der Waals surface area contributed by atoms with Crippen LogP contribution in [0.15, 0.2) is 77.4 Å². The Kier molecular flexibility index (Phi) is 5.49. The first-order valence-electron chi connectivity index (χ1n) is 7.59. The van der Waals surface area contributed by atoms with Crippen LogP contribution >= 0.6 is 22.6 Å². The highest BCUT2D eigenvalue weighted by atomic mass is 127. The molecule has 2 aromatic carbocycles. The lowest BCUT2D eigenvalue weighted by Gasteiger charge is -2.20. The average molecular weight is 446 g/mol. The maximum absolute atomic E-state index is 12.8. The highest BCUT2D eigenvalue weighted by Crippen LogP contribution is 2.14. The van der Waals surface area contributed by atoms with E-state index in [0.717, 1.165) is 9.26 Å². The number of Topliss-reactive ketones (excluding diaryl/α,β-unsaturated/α-hetero) is 1. The predicted molar refractivity (Wildman–Crippen MR) is 104 cm³/mol. The van der Waals surface area contributed by atoms with E-state index >= 15 is 0 Å². The molecule has 1 heterocycles. The number of halogens is 1. The van der Waals surface area contributed by atoms with Crippen LogP contribution in [-0.4, -0.2) is 17.9 Å². The van der Waals surface area contributed by atoms with Gasteiger partial charge < -0.3 is 15.1 Å². The van der Waals surface area contributed by atoms with Gasteiger partial charge in [0.1, 0.15) is 0 Å². The molecule has 0 spiro atoms. The second kappa shape index (κ2) is 7.98. The van der Waals surface area contributed by atoms with Gasteiger partial charge in [0.25, 0.3) is 5.91 Å². The van der Waals surface area contributed by atoms with Gasteiger partial charge in [-0.25, -0.2) is 0 Å². The minimum Gasteiger partial charge on any atom is -0.459 e. The molecule has 2 N–H and O–H groups in total. The maximum atomic E-state index is 12.8. The van der Waals surface area contributed by atoms with Crippen molar-refractivity contribution < 1.29 is 14.0 Å². The lowest BCUT2D eigenvalue weighted by atomic mass is 10.1. The van der Waals surface area contributed by atoms with Crippen molar-refractivity contribution >= 4 is 40.0 Å². The zero-order valence-electron chi connectivity index (χ0n) is 13.1. The molecule has 0 fully saturated rings. The molecule has 3 rings (SSSR count). The number of benzene rings is 2. The Hall–Kier alpha value is -2.61. The number of furan rings is 1. The summed E-state index contributed by atoms with van der Waals surface area (Å²) in [6.07, 6.45) is 0.496. The van der Waals surface area contributed by atoms with Crippen LogP contribution in [-0.2, 0) is 0 Å². The van der Waals surface area contributed by atoms with Gasteiger partial charge in [-0.2, -0.15) is 0 Å². The molecule has 0 saturated carbocycles. The second-order valence-electron chi connectivity index (χ2n) is 5.27. The molecule has 25 heavy (non-hydrogen) atoms. The third-order valence-corrected chi connectivity index (χ3v) is 4.22. The first-order valence-corrected chi connectivity index (χ1v) is 8.67. The van der Waals surface area contributed by atoms with Crippen molar-refractivity contribution in [2.45, 2.75) is 6.17 Å². The first-order chi connectivity index (χ1) is 12.1. The third-order valence-electron chi connectivity index (χ3n) is 3.50. The first kappa shape index (κ1) is 17.2. The summed E-state index contributed by atoms with van der Waals surface area (Å²) >= 11 is 2.20. The molecule has 0 aliphatic heterocycles. The lowest BCUT2D eigenvalue weighted by molar-refractivity contribution is 0.0853. The number of amides is 1. The smallest absolute Gasteiger partial charge is 0.288 e. The normalized spacial score (nSPS) is 11.6. The van der Waals surface area contributed by atoms with Crippen molar-refractivity contribution in [2.24, 2.45) is 0 Å².